The van der Waals surface area contributed by atoms with Crippen molar-refractivity contribution in [3.63, 3.8) is 0 Å². The summed E-state index contributed by atoms with van der Waals surface area (Å²) in [6, 6.07) is 11.9. The van der Waals surface area contributed by atoms with Gasteiger partial charge in [0.1, 0.15) is 5.76 Å². The zero-order valence-electron chi connectivity index (χ0n) is 9.10. The summed E-state index contributed by atoms with van der Waals surface area (Å²) in [4.78, 5) is 1.19. The van der Waals surface area contributed by atoms with Crippen LogP contribution in [-0.2, 0) is 0 Å². The molecule has 0 aliphatic carbocycles. The van der Waals surface area contributed by atoms with Gasteiger partial charge in [0, 0.05) is 15.1 Å². The number of hydrogen-bond donors (Lipinski definition) is 2. The maximum absolute atomic E-state index is 5.53. The van der Waals surface area contributed by atoms with E-state index in [-0.39, 0.29) is 6.04 Å². The Labute approximate surface area is 113 Å². The summed E-state index contributed by atoms with van der Waals surface area (Å²) >= 11 is 5.25. The monoisotopic (exact) mass is 312 g/mol. The first-order chi connectivity index (χ1) is 8.31. The quantitative estimate of drug-likeness (QED) is 0.505. The number of halogens is 1. The molecule has 1 aromatic carbocycles. The van der Waals surface area contributed by atoms with Crippen LogP contribution in [0.15, 0.2) is 56.4 Å². The third-order valence-electron chi connectivity index (χ3n) is 2.33. The van der Waals surface area contributed by atoms with Crippen molar-refractivity contribution in [3.8, 4) is 0 Å². The highest BCUT2D eigenvalue weighted by molar-refractivity contribution is 9.10. The van der Waals surface area contributed by atoms with Gasteiger partial charge in [0.25, 0.3) is 0 Å². The Hall–Kier alpha value is -0.750. The minimum Gasteiger partial charge on any atom is -0.468 e. The Morgan fingerprint density at radius 3 is 2.76 bits per heavy atom. The molecule has 1 unspecified atom stereocenters. The van der Waals surface area contributed by atoms with Gasteiger partial charge in [0.05, 0.1) is 12.3 Å². The average Bonchev–Trinajstić information content (AvgIpc) is 2.86. The Morgan fingerprint density at radius 1 is 1.29 bits per heavy atom. The second-order valence-electron chi connectivity index (χ2n) is 3.48. The lowest BCUT2D eigenvalue weighted by Gasteiger charge is -2.13. The summed E-state index contributed by atoms with van der Waals surface area (Å²) in [6.07, 6.45) is 1.66. The van der Waals surface area contributed by atoms with Crippen LogP contribution in [0.5, 0.6) is 0 Å². The Bertz CT molecular complexity index is 461. The summed E-state index contributed by atoms with van der Waals surface area (Å²) in [5, 5.41) is 0. The molecule has 3 nitrogen and oxygen atoms in total. The third-order valence-corrected chi connectivity index (χ3v) is 4.45. The van der Waals surface area contributed by atoms with Crippen molar-refractivity contribution < 1.29 is 4.42 Å². The van der Waals surface area contributed by atoms with Crippen LogP contribution in [0.1, 0.15) is 11.8 Å². The van der Waals surface area contributed by atoms with Crippen LogP contribution in [-0.4, -0.2) is 5.75 Å². The SMILES string of the molecule is NNC(CSc1ccccc1Br)c1ccco1. The highest BCUT2D eigenvalue weighted by Crippen LogP contribution is 2.30. The largest absolute Gasteiger partial charge is 0.468 e. The highest BCUT2D eigenvalue weighted by atomic mass is 79.9. The summed E-state index contributed by atoms with van der Waals surface area (Å²) in [6.45, 7) is 0. The van der Waals surface area contributed by atoms with E-state index < -0.39 is 0 Å². The Kier molecular flexibility index (Phi) is 4.67. The Balaban J connectivity index is 2.00. The second kappa shape index (κ2) is 6.26. The van der Waals surface area contributed by atoms with Crippen molar-refractivity contribution >= 4 is 27.7 Å². The Morgan fingerprint density at radius 2 is 2.12 bits per heavy atom. The van der Waals surface area contributed by atoms with Gasteiger partial charge in [0.15, 0.2) is 0 Å². The first-order valence-corrected chi connectivity index (χ1v) is 6.96. The molecule has 1 heterocycles. The van der Waals surface area contributed by atoms with E-state index in [2.05, 4.69) is 27.4 Å². The van der Waals surface area contributed by atoms with Gasteiger partial charge in [-0.1, -0.05) is 12.1 Å². The molecule has 0 amide bonds. The van der Waals surface area contributed by atoms with Gasteiger partial charge in [-0.05, 0) is 40.2 Å². The molecule has 0 aliphatic heterocycles. The third kappa shape index (κ3) is 3.35. The van der Waals surface area contributed by atoms with E-state index in [1.807, 2.05) is 30.3 Å². The normalized spacial score (nSPS) is 12.6. The zero-order valence-corrected chi connectivity index (χ0v) is 11.5. The fraction of sp³-hybridized carbons (Fsp3) is 0.167. The van der Waals surface area contributed by atoms with Crippen LogP contribution in [0.2, 0.25) is 0 Å². The number of hydrogen-bond acceptors (Lipinski definition) is 4. The van der Waals surface area contributed by atoms with E-state index in [4.69, 9.17) is 10.3 Å². The molecule has 90 valence electrons. The fourth-order valence-corrected chi connectivity index (χ4v) is 3.05. The maximum Gasteiger partial charge on any atom is 0.122 e. The van der Waals surface area contributed by atoms with Gasteiger partial charge < -0.3 is 4.42 Å². The topological polar surface area (TPSA) is 51.2 Å². The average molecular weight is 313 g/mol. The summed E-state index contributed by atoms with van der Waals surface area (Å²) in [7, 11) is 0. The van der Waals surface area contributed by atoms with Crippen LogP contribution in [0.4, 0.5) is 0 Å². The molecule has 0 spiro atoms. The molecule has 0 saturated carbocycles. The predicted molar refractivity (Wildman–Crippen MR) is 73.6 cm³/mol. The van der Waals surface area contributed by atoms with E-state index in [1.165, 1.54) is 4.90 Å². The molecule has 2 rings (SSSR count). The van der Waals surface area contributed by atoms with Gasteiger partial charge in [0.2, 0.25) is 0 Å². The molecular formula is C12H13BrN2OS. The van der Waals surface area contributed by atoms with E-state index in [1.54, 1.807) is 18.0 Å². The lowest BCUT2D eigenvalue weighted by molar-refractivity contribution is 0.440. The van der Waals surface area contributed by atoms with Crippen LogP contribution < -0.4 is 11.3 Å². The lowest BCUT2D eigenvalue weighted by Crippen LogP contribution is -2.29. The zero-order chi connectivity index (χ0) is 12.1. The van der Waals surface area contributed by atoms with Crippen molar-refractivity contribution in [2.75, 3.05) is 5.75 Å². The molecule has 1 atom stereocenters. The number of hydrazine groups is 1. The molecule has 0 aliphatic rings. The summed E-state index contributed by atoms with van der Waals surface area (Å²) in [5.41, 5.74) is 2.76. The molecule has 0 bridgehead atoms. The molecular weight excluding hydrogens is 300 g/mol. The summed E-state index contributed by atoms with van der Waals surface area (Å²) < 4.78 is 6.44. The number of rotatable bonds is 5. The molecule has 0 saturated heterocycles. The van der Waals surface area contributed by atoms with Crippen LogP contribution in [0, 0.1) is 0 Å². The summed E-state index contributed by atoms with van der Waals surface area (Å²) in [5.74, 6) is 7.20. The fourth-order valence-electron chi connectivity index (χ4n) is 1.44. The van der Waals surface area contributed by atoms with Crippen LogP contribution in [0.3, 0.4) is 0 Å². The van der Waals surface area contributed by atoms with E-state index >= 15 is 0 Å². The molecule has 0 fully saturated rings. The number of thioether (sulfide) groups is 1. The van der Waals surface area contributed by atoms with E-state index in [9.17, 15) is 0 Å². The number of furan rings is 1. The van der Waals surface area contributed by atoms with Gasteiger partial charge in [-0.15, -0.1) is 11.8 Å². The first kappa shape index (κ1) is 12.7. The number of nitrogens with two attached hydrogens (primary N) is 1. The molecule has 0 radical (unpaired) electrons. The van der Waals surface area contributed by atoms with Gasteiger partial charge >= 0.3 is 0 Å². The highest BCUT2D eigenvalue weighted by Gasteiger charge is 2.13. The first-order valence-electron chi connectivity index (χ1n) is 5.18. The van der Waals surface area contributed by atoms with Crippen LogP contribution in [0.25, 0.3) is 0 Å². The standard InChI is InChI=1S/C12H13BrN2OS/c13-9-4-1-2-6-12(9)17-8-10(15-14)11-5-3-7-16-11/h1-7,10,15H,8,14H2. The van der Waals surface area contributed by atoms with E-state index in [0.717, 1.165) is 16.0 Å². The van der Waals surface area contributed by atoms with Crippen LogP contribution >= 0.6 is 27.7 Å². The second-order valence-corrected chi connectivity index (χ2v) is 5.39. The smallest absolute Gasteiger partial charge is 0.122 e. The van der Waals surface area contributed by atoms with Gasteiger partial charge in [-0.25, -0.2) is 5.43 Å². The van der Waals surface area contributed by atoms with Crippen molar-refractivity contribution in [1.82, 2.24) is 5.43 Å². The molecule has 2 aromatic rings. The number of nitrogens with one attached hydrogen (secondary N) is 1. The predicted octanol–water partition coefficient (Wildman–Crippen LogP) is 3.34. The molecule has 17 heavy (non-hydrogen) atoms. The van der Waals surface area contributed by atoms with E-state index in [0.29, 0.717) is 0 Å². The lowest BCUT2D eigenvalue weighted by atomic mass is 10.3. The number of benzene rings is 1. The molecule has 3 N–H and O–H groups in total. The maximum atomic E-state index is 5.53. The molecule has 1 aromatic heterocycles. The minimum atomic E-state index is 0.0158. The molecule has 5 heteroatoms. The van der Waals surface area contributed by atoms with Gasteiger partial charge in [-0.3, -0.25) is 5.84 Å². The minimum absolute atomic E-state index is 0.0158. The van der Waals surface area contributed by atoms with Crippen molar-refractivity contribution in [3.05, 3.63) is 52.9 Å². The van der Waals surface area contributed by atoms with Crippen molar-refractivity contribution in [2.24, 2.45) is 5.84 Å². The van der Waals surface area contributed by atoms with Crippen molar-refractivity contribution in [2.45, 2.75) is 10.9 Å². The van der Waals surface area contributed by atoms with Gasteiger partial charge in [-0.2, -0.15) is 0 Å². The van der Waals surface area contributed by atoms with Crippen molar-refractivity contribution in [1.29, 1.82) is 0 Å².